The summed E-state index contributed by atoms with van der Waals surface area (Å²) in [6.45, 7) is 0.446. The molecule has 0 amide bonds. The van der Waals surface area contributed by atoms with Gasteiger partial charge in [-0.15, -0.1) is 0 Å². The van der Waals surface area contributed by atoms with Gasteiger partial charge in [0.05, 0.1) is 6.61 Å². The van der Waals surface area contributed by atoms with E-state index in [1.807, 2.05) is 0 Å². The molecule has 0 bridgehead atoms. The second kappa shape index (κ2) is 4.47. The quantitative estimate of drug-likeness (QED) is 0.823. The Bertz CT molecular complexity index is 377. The van der Waals surface area contributed by atoms with Crippen LogP contribution in [0.5, 0.6) is 0 Å². The summed E-state index contributed by atoms with van der Waals surface area (Å²) in [7, 11) is 0. The molecule has 2 N–H and O–H groups in total. The third-order valence-electron chi connectivity index (χ3n) is 3.23. The van der Waals surface area contributed by atoms with Crippen LogP contribution in [0.2, 0.25) is 0 Å². The third-order valence-corrected chi connectivity index (χ3v) is 3.23. The maximum atomic E-state index is 13.7. The Hall–Kier alpha value is -1.00. The molecule has 1 aromatic rings. The second-order valence-corrected chi connectivity index (χ2v) is 4.21. The highest BCUT2D eigenvalue weighted by Crippen LogP contribution is 2.42. The van der Waals surface area contributed by atoms with Gasteiger partial charge in [-0.1, -0.05) is 6.07 Å². The van der Waals surface area contributed by atoms with E-state index in [0.717, 1.165) is 25.3 Å². The van der Waals surface area contributed by atoms with Crippen molar-refractivity contribution in [2.45, 2.75) is 24.8 Å². The fraction of sp³-hybridized carbons (Fsp3) is 0.500. The van der Waals surface area contributed by atoms with Crippen molar-refractivity contribution in [2.24, 2.45) is 0 Å². The summed E-state index contributed by atoms with van der Waals surface area (Å²) in [6, 6.07) is 3.68. The first-order chi connectivity index (χ1) is 7.68. The smallest absolute Gasteiger partial charge is 0.131 e. The average Bonchev–Trinajstić information content (AvgIpc) is 2.19. The van der Waals surface area contributed by atoms with Gasteiger partial charge in [0.2, 0.25) is 0 Å². The van der Waals surface area contributed by atoms with Crippen LogP contribution in [0.15, 0.2) is 18.2 Å². The van der Waals surface area contributed by atoms with Crippen LogP contribution in [-0.2, 0) is 5.54 Å². The minimum Gasteiger partial charge on any atom is -0.395 e. The maximum absolute atomic E-state index is 13.7. The summed E-state index contributed by atoms with van der Waals surface area (Å²) in [6.07, 6.45) is 2.68. The van der Waals surface area contributed by atoms with Gasteiger partial charge in [0.1, 0.15) is 11.6 Å². The lowest BCUT2D eigenvalue weighted by atomic mass is 9.71. The number of benzene rings is 1. The monoisotopic (exact) mass is 227 g/mol. The van der Waals surface area contributed by atoms with Crippen molar-refractivity contribution in [2.75, 3.05) is 13.2 Å². The summed E-state index contributed by atoms with van der Waals surface area (Å²) in [4.78, 5) is 0. The van der Waals surface area contributed by atoms with Gasteiger partial charge in [0.15, 0.2) is 0 Å². The lowest BCUT2D eigenvalue weighted by molar-refractivity contribution is 0.162. The van der Waals surface area contributed by atoms with Crippen LogP contribution in [0, 0.1) is 11.6 Å². The van der Waals surface area contributed by atoms with Crippen LogP contribution in [-0.4, -0.2) is 18.3 Å². The van der Waals surface area contributed by atoms with E-state index in [1.165, 1.54) is 12.1 Å². The SMILES string of the molecule is OCCNC1(c2ccc(F)cc2F)CCC1. The molecule has 0 aromatic heterocycles. The first kappa shape index (κ1) is 11.5. The minimum atomic E-state index is -0.558. The Morgan fingerprint density at radius 3 is 2.56 bits per heavy atom. The van der Waals surface area contributed by atoms with Crippen molar-refractivity contribution in [3.05, 3.63) is 35.4 Å². The second-order valence-electron chi connectivity index (χ2n) is 4.21. The molecule has 0 aliphatic heterocycles. The summed E-state index contributed by atoms with van der Waals surface area (Å²) < 4.78 is 26.5. The van der Waals surface area contributed by atoms with Crippen LogP contribution < -0.4 is 5.32 Å². The predicted molar refractivity (Wildman–Crippen MR) is 57.0 cm³/mol. The van der Waals surface area contributed by atoms with Crippen molar-refractivity contribution < 1.29 is 13.9 Å². The molecular formula is C12H15F2NO. The highest BCUT2D eigenvalue weighted by atomic mass is 19.1. The molecule has 0 spiro atoms. The van der Waals surface area contributed by atoms with Gasteiger partial charge in [-0.25, -0.2) is 8.78 Å². The molecule has 0 saturated heterocycles. The zero-order chi connectivity index (χ0) is 11.6. The molecule has 2 rings (SSSR count). The van der Waals surface area contributed by atoms with Crippen LogP contribution in [0.3, 0.4) is 0 Å². The normalized spacial score (nSPS) is 18.2. The average molecular weight is 227 g/mol. The topological polar surface area (TPSA) is 32.3 Å². The number of hydrogen-bond acceptors (Lipinski definition) is 2. The van der Waals surface area contributed by atoms with Crippen LogP contribution >= 0.6 is 0 Å². The predicted octanol–water partition coefficient (Wildman–Crippen LogP) is 1.93. The van der Waals surface area contributed by atoms with Crippen LogP contribution in [0.4, 0.5) is 8.78 Å². The molecule has 0 heterocycles. The third kappa shape index (κ3) is 1.95. The number of nitrogens with one attached hydrogen (secondary N) is 1. The Balaban J connectivity index is 2.26. The Morgan fingerprint density at radius 2 is 2.06 bits per heavy atom. The number of rotatable bonds is 4. The maximum Gasteiger partial charge on any atom is 0.131 e. The highest BCUT2D eigenvalue weighted by Gasteiger charge is 2.39. The van der Waals surface area contributed by atoms with Gasteiger partial charge in [-0.2, -0.15) is 0 Å². The molecule has 1 aromatic carbocycles. The van der Waals surface area contributed by atoms with Crippen molar-refractivity contribution in [1.29, 1.82) is 0 Å². The first-order valence-corrected chi connectivity index (χ1v) is 5.49. The molecule has 16 heavy (non-hydrogen) atoms. The number of halogens is 2. The molecule has 88 valence electrons. The summed E-state index contributed by atoms with van der Waals surface area (Å²) in [5, 5.41) is 11.9. The van der Waals surface area contributed by atoms with Gasteiger partial charge in [0, 0.05) is 23.7 Å². The van der Waals surface area contributed by atoms with Gasteiger partial charge < -0.3 is 10.4 Å². The van der Waals surface area contributed by atoms with Crippen molar-refractivity contribution in [3.63, 3.8) is 0 Å². The van der Waals surface area contributed by atoms with E-state index < -0.39 is 17.2 Å². The fourth-order valence-corrected chi connectivity index (χ4v) is 2.24. The Labute approximate surface area is 93.3 Å². The van der Waals surface area contributed by atoms with Crippen LogP contribution in [0.25, 0.3) is 0 Å². The molecule has 0 unspecified atom stereocenters. The lowest BCUT2D eigenvalue weighted by Gasteiger charge is -2.43. The fourth-order valence-electron chi connectivity index (χ4n) is 2.24. The summed E-state index contributed by atoms with van der Waals surface area (Å²) >= 11 is 0. The first-order valence-electron chi connectivity index (χ1n) is 5.49. The van der Waals surface area contributed by atoms with Gasteiger partial charge in [-0.05, 0) is 25.3 Å². The van der Waals surface area contributed by atoms with Gasteiger partial charge in [0.25, 0.3) is 0 Å². The van der Waals surface area contributed by atoms with E-state index in [-0.39, 0.29) is 6.61 Å². The van der Waals surface area contributed by atoms with E-state index in [9.17, 15) is 8.78 Å². The molecule has 0 radical (unpaired) electrons. The molecule has 2 nitrogen and oxygen atoms in total. The summed E-state index contributed by atoms with van der Waals surface area (Å²) in [5.41, 5.74) is 0.106. The standard InChI is InChI=1S/C12H15F2NO/c13-9-2-3-10(11(14)8-9)12(4-1-5-12)15-6-7-16/h2-3,8,15-16H,1,4-7H2. The van der Waals surface area contributed by atoms with Gasteiger partial charge >= 0.3 is 0 Å². The summed E-state index contributed by atoms with van der Waals surface area (Å²) in [5.74, 6) is -1.07. The zero-order valence-electron chi connectivity index (χ0n) is 8.97. The Morgan fingerprint density at radius 1 is 1.31 bits per heavy atom. The highest BCUT2D eigenvalue weighted by molar-refractivity contribution is 5.29. The number of aliphatic hydroxyl groups excluding tert-OH is 1. The van der Waals surface area contributed by atoms with E-state index >= 15 is 0 Å². The van der Waals surface area contributed by atoms with E-state index in [0.29, 0.717) is 12.1 Å². The molecule has 1 aliphatic carbocycles. The molecular weight excluding hydrogens is 212 g/mol. The number of hydrogen-bond donors (Lipinski definition) is 2. The molecule has 0 atom stereocenters. The molecule has 1 saturated carbocycles. The molecule has 4 heteroatoms. The minimum absolute atomic E-state index is 0.0184. The van der Waals surface area contributed by atoms with Gasteiger partial charge in [-0.3, -0.25) is 0 Å². The van der Waals surface area contributed by atoms with Crippen molar-refractivity contribution >= 4 is 0 Å². The number of aliphatic hydroxyl groups is 1. The zero-order valence-corrected chi connectivity index (χ0v) is 8.97. The van der Waals surface area contributed by atoms with E-state index in [1.54, 1.807) is 0 Å². The van der Waals surface area contributed by atoms with Crippen LogP contribution in [0.1, 0.15) is 24.8 Å². The van der Waals surface area contributed by atoms with Crippen molar-refractivity contribution in [3.8, 4) is 0 Å². The lowest BCUT2D eigenvalue weighted by Crippen LogP contribution is -2.49. The Kier molecular flexibility index (Phi) is 3.21. The largest absolute Gasteiger partial charge is 0.395 e. The van der Waals surface area contributed by atoms with E-state index in [4.69, 9.17) is 5.11 Å². The molecule has 1 fully saturated rings. The van der Waals surface area contributed by atoms with Crippen molar-refractivity contribution in [1.82, 2.24) is 5.32 Å². The molecule has 1 aliphatic rings. The van der Waals surface area contributed by atoms with E-state index in [2.05, 4.69) is 5.32 Å².